The second kappa shape index (κ2) is 8.52. The minimum Gasteiger partial charge on any atom is -0.491 e. The molecule has 0 amide bonds. The zero-order valence-corrected chi connectivity index (χ0v) is 20.1. The Labute approximate surface area is 205 Å². The molecule has 0 unspecified atom stereocenters. The maximum absolute atomic E-state index is 13.3. The molecule has 3 aromatic heterocycles. The molecule has 0 fully saturated rings. The number of ether oxygens (including phenoxy) is 1. The van der Waals surface area contributed by atoms with Crippen molar-refractivity contribution in [2.24, 2.45) is 0 Å². The van der Waals surface area contributed by atoms with Crippen LogP contribution >= 0.6 is 11.3 Å². The average Bonchev–Trinajstić information content (AvgIpc) is 3.53. The summed E-state index contributed by atoms with van der Waals surface area (Å²) in [6.07, 6.45) is 3.98. The SMILES string of the molecule is CC(C)Oc1ccc(-c2nn(-c3ccccc3)cc2/C=c2/sc3nc4ccccc4n3c2=O)cc1. The number of thiazole rings is 1. The minimum absolute atomic E-state index is 0.0715. The number of hydrogen-bond donors (Lipinski definition) is 0. The quantitative estimate of drug-likeness (QED) is 0.346. The maximum atomic E-state index is 13.3. The molecule has 0 saturated heterocycles. The summed E-state index contributed by atoms with van der Waals surface area (Å²) in [4.78, 5) is 18.7. The van der Waals surface area contributed by atoms with E-state index in [4.69, 9.17) is 9.84 Å². The molecular weight excluding hydrogens is 456 g/mol. The van der Waals surface area contributed by atoms with Gasteiger partial charge in [0.05, 0.1) is 27.4 Å². The molecule has 0 aliphatic carbocycles. The molecule has 35 heavy (non-hydrogen) atoms. The lowest BCUT2D eigenvalue weighted by molar-refractivity contribution is 0.242. The van der Waals surface area contributed by atoms with E-state index < -0.39 is 0 Å². The van der Waals surface area contributed by atoms with E-state index in [9.17, 15) is 4.79 Å². The van der Waals surface area contributed by atoms with Gasteiger partial charge in [-0.2, -0.15) is 5.10 Å². The molecule has 0 spiro atoms. The number of benzene rings is 3. The number of fused-ring (bicyclic) bond motifs is 3. The molecule has 172 valence electrons. The van der Waals surface area contributed by atoms with Gasteiger partial charge in [-0.05, 0) is 68.5 Å². The van der Waals surface area contributed by atoms with Gasteiger partial charge in [0, 0.05) is 17.3 Å². The van der Waals surface area contributed by atoms with Crippen molar-refractivity contribution >= 4 is 33.4 Å². The Morgan fingerprint density at radius 3 is 2.46 bits per heavy atom. The first-order valence-corrected chi connectivity index (χ1v) is 12.2. The standard InChI is InChI=1S/C28H22N4O2S/c1-18(2)34-22-14-12-19(13-15-22)26-20(17-31(30-26)21-8-4-3-5-9-21)16-25-27(33)32-24-11-7-6-10-23(24)29-28(32)35-25/h3-18H,1-2H3/b25-16+. The van der Waals surface area contributed by atoms with E-state index in [2.05, 4.69) is 4.98 Å². The van der Waals surface area contributed by atoms with Gasteiger partial charge in [-0.25, -0.2) is 14.1 Å². The van der Waals surface area contributed by atoms with Crippen molar-refractivity contribution in [2.75, 3.05) is 0 Å². The highest BCUT2D eigenvalue weighted by atomic mass is 32.1. The van der Waals surface area contributed by atoms with Crippen molar-refractivity contribution in [3.05, 3.63) is 106 Å². The van der Waals surface area contributed by atoms with Crippen LogP contribution in [0.4, 0.5) is 0 Å². The van der Waals surface area contributed by atoms with Crippen LogP contribution < -0.4 is 14.8 Å². The predicted molar refractivity (Wildman–Crippen MR) is 140 cm³/mol. The molecule has 0 atom stereocenters. The van der Waals surface area contributed by atoms with Crippen molar-refractivity contribution in [1.29, 1.82) is 0 Å². The van der Waals surface area contributed by atoms with Crippen LogP contribution in [0.2, 0.25) is 0 Å². The van der Waals surface area contributed by atoms with Crippen LogP contribution in [0.15, 0.2) is 89.9 Å². The second-order valence-corrected chi connectivity index (χ2v) is 9.55. The topological polar surface area (TPSA) is 61.4 Å². The first-order chi connectivity index (χ1) is 17.1. The van der Waals surface area contributed by atoms with E-state index >= 15 is 0 Å². The number of rotatable bonds is 5. The van der Waals surface area contributed by atoms with Gasteiger partial charge in [0.25, 0.3) is 5.56 Å². The summed E-state index contributed by atoms with van der Waals surface area (Å²) >= 11 is 1.39. The molecule has 0 aliphatic heterocycles. The van der Waals surface area contributed by atoms with Crippen molar-refractivity contribution in [3.63, 3.8) is 0 Å². The molecule has 7 heteroatoms. The molecular formula is C28H22N4O2S. The zero-order valence-electron chi connectivity index (χ0n) is 19.3. The number of para-hydroxylation sites is 3. The number of imidazole rings is 1. The van der Waals surface area contributed by atoms with Crippen LogP contribution in [0, 0.1) is 0 Å². The molecule has 3 heterocycles. The summed E-state index contributed by atoms with van der Waals surface area (Å²) in [5.74, 6) is 0.810. The summed E-state index contributed by atoms with van der Waals surface area (Å²) in [5.41, 5.74) is 5.12. The van der Waals surface area contributed by atoms with Gasteiger partial charge in [-0.15, -0.1) is 0 Å². The molecule has 6 aromatic rings. The van der Waals surface area contributed by atoms with Gasteiger partial charge >= 0.3 is 0 Å². The maximum Gasteiger partial charge on any atom is 0.274 e. The molecule has 0 aliphatic rings. The summed E-state index contributed by atoms with van der Waals surface area (Å²) < 4.78 is 9.95. The Bertz CT molecular complexity index is 1760. The number of aromatic nitrogens is 4. The molecule has 3 aromatic carbocycles. The van der Waals surface area contributed by atoms with E-state index in [1.165, 1.54) is 11.3 Å². The lowest BCUT2D eigenvalue weighted by Gasteiger charge is -2.09. The summed E-state index contributed by atoms with van der Waals surface area (Å²) in [7, 11) is 0. The normalized spacial score (nSPS) is 12.3. The monoisotopic (exact) mass is 478 g/mol. The van der Waals surface area contributed by atoms with Crippen molar-refractivity contribution in [1.82, 2.24) is 19.2 Å². The molecule has 0 bridgehead atoms. The van der Waals surface area contributed by atoms with Gasteiger partial charge in [0.2, 0.25) is 0 Å². The van der Waals surface area contributed by atoms with Gasteiger partial charge in [0.1, 0.15) is 11.4 Å². The van der Waals surface area contributed by atoms with Gasteiger partial charge in [0.15, 0.2) is 4.96 Å². The second-order valence-electron chi connectivity index (χ2n) is 8.54. The van der Waals surface area contributed by atoms with E-state index in [1.807, 2.05) is 110 Å². The molecule has 0 saturated carbocycles. The Balaban J connectivity index is 1.52. The van der Waals surface area contributed by atoms with E-state index in [0.717, 1.165) is 39.3 Å². The highest BCUT2D eigenvalue weighted by Crippen LogP contribution is 2.27. The third-order valence-corrected chi connectivity index (χ3v) is 6.66. The fourth-order valence-corrected chi connectivity index (χ4v) is 5.12. The number of hydrogen-bond acceptors (Lipinski definition) is 5. The van der Waals surface area contributed by atoms with Crippen LogP contribution in [0.3, 0.4) is 0 Å². The van der Waals surface area contributed by atoms with E-state index in [0.29, 0.717) is 9.49 Å². The third kappa shape index (κ3) is 3.90. The highest BCUT2D eigenvalue weighted by Gasteiger charge is 2.14. The fourth-order valence-electron chi connectivity index (χ4n) is 4.15. The van der Waals surface area contributed by atoms with Crippen LogP contribution in [0.1, 0.15) is 19.4 Å². The Hall–Kier alpha value is -4.23. The zero-order chi connectivity index (χ0) is 23.9. The van der Waals surface area contributed by atoms with Crippen LogP contribution in [-0.2, 0) is 0 Å². The Morgan fingerprint density at radius 1 is 0.943 bits per heavy atom. The van der Waals surface area contributed by atoms with Gasteiger partial charge in [-0.3, -0.25) is 4.79 Å². The summed E-state index contributed by atoms with van der Waals surface area (Å²) in [5, 5.41) is 4.88. The first kappa shape index (κ1) is 21.3. The van der Waals surface area contributed by atoms with Crippen LogP contribution in [0.25, 0.3) is 39.0 Å². The van der Waals surface area contributed by atoms with E-state index in [-0.39, 0.29) is 11.7 Å². The van der Waals surface area contributed by atoms with Gasteiger partial charge < -0.3 is 4.74 Å². The molecule has 0 N–H and O–H groups in total. The Kier molecular flexibility index (Phi) is 5.19. The molecule has 0 radical (unpaired) electrons. The lowest BCUT2D eigenvalue weighted by atomic mass is 10.1. The highest BCUT2D eigenvalue weighted by molar-refractivity contribution is 7.15. The van der Waals surface area contributed by atoms with Crippen LogP contribution in [0.5, 0.6) is 5.75 Å². The number of nitrogens with zero attached hydrogens (tertiary/aromatic N) is 4. The lowest BCUT2D eigenvalue weighted by Crippen LogP contribution is -2.22. The van der Waals surface area contributed by atoms with E-state index in [1.54, 1.807) is 4.40 Å². The smallest absolute Gasteiger partial charge is 0.274 e. The van der Waals surface area contributed by atoms with Crippen molar-refractivity contribution in [3.8, 4) is 22.7 Å². The first-order valence-electron chi connectivity index (χ1n) is 11.4. The average molecular weight is 479 g/mol. The van der Waals surface area contributed by atoms with Gasteiger partial charge in [-0.1, -0.05) is 41.7 Å². The minimum atomic E-state index is -0.0715. The van der Waals surface area contributed by atoms with Crippen molar-refractivity contribution < 1.29 is 4.74 Å². The predicted octanol–water partition coefficient (Wildman–Crippen LogP) is 5.10. The molecule has 6 rings (SSSR count). The Morgan fingerprint density at radius 2 is 1.69 bits per heavy atom. The van der Waals surface area contributed by atoms with Crippen molar-refractivity contribution in [2.45, 2.75) is 20.0 Å². The van der Waals surface area contributed by atoms with Crippen LogP contribution in [-0.4, -0.2) is 25.3 Å². The third-order valence-electron chi connectivity index (χ3n) is 5.69. The molecule has 6 nitrogen and oxygen atoms in total. The fraction of sp³-hybridized carbons (Fsp3) is 0.107. The largest absolute Gasteiger partial charge is 0.491 e. The summed E-state index contributed by atoms with van der Waals surface area (Å²) in [6, 6.07) is 25.5. The summed E-state index contributed by atoms with van der Waals surface area (Å²) in [6.45, 7) is 4.01.